The fraction of sp³-hybridized carbons (Fsp3) is 0.929. The molecule has 0 aromatic rings. The summed E-state index contributed by atoms with van der Waals surface area (Å²) >= 11 is 1.58. The van der Waals surface area contributed by atoms with Gasteiger partial charge in [-0.2, -0.15) is 0 Å². The summed E-state index contributed by atoms with van der Waals surface area (Å²) in [6, 6.07) is -0.243. The lowest BCUT2D eigenvalue weighted by atomic mass is 9.95. The van der Waals surface area contributed by atoms with Crippen LogP contribution in [0.4, 0.5) is 0 Å². The van der Waals surface area contributed by atoms with Gasteiger partial charge in [0.25, 0.3) is 0 Å². The van der Waals surface area contributed by atoms with E-state index in [9.17, 15) is 5.11 Å². The summed E-state index contributed by atoms with van der Waals surface area (Å²) in [5, 5.41) is 11.6. The van der Waals surface area contributed by atoms with Crippen molar-refractivity contribution in [3.63, 3.8) is 0 Å². The van der Waals surface area contributed by atoms with E-state index >= 15 is 0 Å². The number of amidine groups is 1. The maximum Gasteiger partial charge on any atom is 0.161 e. The van der Waals surface area contributed by atoms with Gasteiger partial charge in [-0.05, 0) is 27.2 Å². The van der Waals surface area contributed by atoms with E-state index in [-0.39, 0.29) is 29.3 Å². The van der Waals surface area contributed by atoms with E-state index in [0.717, 1.165) is 11.6 Å². The molecule has 2 aliphatic heterocycles. The van der Waals surface area contributed by atoms with Gasteiger partial charge in [-0.1, -0.05) is 18.7 Å². The molecule has 1 saturated heterocycles. The van der Waals surface area contributed by atoms with Gasteiger partial charge in [0.2, 0.25) is 0 Å². The van der Waals surface area contributed by atoms with Crippen molar-refractivity contribution in [1.29, 1.82) is 0 Å². The highest BCUT2D eigenvalue weighted by Gasteiger charge is 2.49. The lowest BCUT2D eigenvalue weighted by Gasteiger charge is -2.43. The highest BCUT2D eigenvalue weighted by atomic mass is 32.2. The molecule has 0 amide bonds. The van der Waals surface area contributed by atoms with E-state index in [1.54, 1.807) is 11.8 Å². The second-order valence-electron chi connectivity index (χ2n) is 6.55. The molecule has 0 aliphatic carbocycles. The Bertz CT molecular complexity index is 381. The van der Waals surface area contributed by atoms with Crippen LogP contribution in [-0.2, 0) is 9.47 Å². The summed E-state index contributed by atoms with van der Waals surface area (Å²) in [5.41, 5.74) is -0.415. The summed E-state index contributed by atoms with van der Waals surface area (Å²) in [6.07, 6.45) is -0.219. The number of fused-ring (bicyclic) bond motifs is 1. The van der Waals surface area contributed by atoms with Crippen molar-refractivity contribution in [2.75, 3.05) is 14.1 Å². The standard InChI is InChI=1S/C14H26N2O3S/c1-7-8-11(19-14(2,3)4)10(17)9-12(18-8)20-13(15-9)16(5)6/h8-12,17H,7H2,1-6H3/t8-,9-,10-,11-,12-/m1/s1. The Hall–Kier alpha value is -0.300. The summed E-state index contributed by atoms with van der Waals surface area (Å²) in [5.74, 6) is 0. The molecule has 2 rings (SSSR count). The second-order valence-corrected chi connectivity index (χ2v) is 7.62. The summed E-state index contributed by atoms with van der Waals surface area (Å²) in [4.78, 5) is 6.55. The zero-order chi connectivity index (χ0) is 15.1. The van der Waals surface area contributed by atoms with Crippen molar-refractivity contribution in [1.82, 2.24) is 4.90 Å². The molecule has 0 radical (unpaired) electrons. The van der Waals surface area contributed by atoms with Gasteiger partial charge < -0.3 is 19.5 Å². The largest absolute Gasteiger partial charge is 0.388 e. The molecule has 0 unspecified atom stereocenters. The minimum Gasteiger partial charge on any atom is -0.388 e. The number of aliphatic hydroxyl groups is 1. The van der Waals surface area contributed by atoms with Crippen LogP contribution in [0, 0.1) is 0 Å². The molecule has 2 heterocycles. The number of aliphatic hydroxyl groups excluding tert-OH is 1. The van der Waals surface area contributed by atoms with Crippen LogP contribution in [0.25, 0.3) is 0 Å². The Kier molecular flexibility index (Phi) is 4.69. The first-order chi connectivity index (χ1) is 9.23. The highest BCUT2D eigenvalue weighted by molar-refractivity contribution is 8.14. The first-order valence-electron chi connectivity index (χ1n) is 7.16. The first-order valence-corrected chi connectivity index (χ1v) is 8.04. The molecule has 0 aromatic carbocycles. The van der Waals surface area contributed by atoms with Gasteiger partial charge in [0.1, 0.15) is 23.7 Å². The van der Waals surface area contributed by atoms with Crippen LogP contribution in [0.5, 0.6) is 0 Å². The van der Waals surface area contributed by atoms with Crippen molar-refractivity contribution in [3.8, 4) is 0 Å². The monoisotopic (exact) mass is 302 g/mol. The van der Waals surface area contributed by atoms with E-state index in [0.29, 0.717) is 0 Å². The van der Waals surface area contributed by atoms with Crippen molar-refractivity contribution >= 4 is 16.9 Å². The van der Waals surface area contributed by atoms with E-state index < -0.39 is 6.10 Å². The maximum absolute atomic E-state index is 10.7. The zero-order valence-electron chi connectivity index (χ0n) is 13.2. The predicted octanol–water partition coefficient (Wildman–Crippen LogP) is 1.70. The average molecular weight is 302 g/mol. The Balaban J connectivity index is 2.18. The zero-order valence-corrected chi connectivity index (χ0v) is 14.0. The SMILES string of the molecule is CC[C@H]1O[C@@H]2SC(N(C)C)=N[C@@H]2[C@@H](O)[C@@H]1OC(C)(C)C. The third kappa shape index (κ3) is 3.30. The van der Waals surface area contributed by atoms with Crippen molar-refractivity contribution in [2.24, 2.45) is 4.99 Å². The van der Waals surface area contributed by atoms with Crippen molar-refractivity contribution < 1.29 is 14.6 Å². The summed E-state index contributed by atoms with van der Waals surface area (Å²) < 4.78 is 12.1. The lowest BCUT2D eigenvalue weighted by molar-refractivity contribution is -0.208. The normalized spacial score (nSPS) is 37.5. The third-order valence-corrected chi connectivity index (χ3v) is 4.70. The molecule has 116 valence electrons. The van der Waals surface area contributed by atoms with Crippen LogP contribution in [0.1, 0.15) is 34.1 Å². The number of hydrogen-bond donors (Lipinski definition) is 1. The predicted molar refractivity (Wildman–Crippen MR) is 82.1 cm³/mol. The van der Waals surface area contributed by atoms with E-state index in [4.69, 9.17) is 9.47 Å². The van der Waals surface area contributed by atoms with Gasteiger partial charge >= 0.3 is 0 Å². The highest BCUT2D eigenvalue weighted by Crippen LogP contribution is 2.39. The minimum absolute atomic E-state index is 0.0883. The van der Waals surface area contributed by atoms with Gasteiger partial charge in [0, 0.05) is 14.1 Å². The molecule has 0 aromatic heterocycles. The summed E-state index contributed by atoms with van der Waals surface area (Å²) in [6.45, 7) is 8.05. The molecule has 0 bridgehead atoms. The van der Waals surface area contributed by atoms with Gasteiger partial charge in [-0.3, -0.25) is 4.99 Å². The van der Waals surface area contributed by atoms with Crippen LogP contribution in [-0.4, -0.2) is 64.7 Å². The molecular weight excluding hydrogens is 276 g/mol. The van der Waals surface area contributed by atoms with Crippen LogP contribution in [0.2, 0.25) is 0 Å². The fourth-order valence-corrected chi connectivity index (χ4v) is 3.67. The van der Waals surface area contributed by atoms with E-state index in [2.05, 4.69) is 11.9 Å². The third-order valence-electron chi connectivity index (χ3n) is 3.40. The number of rotatable bonds is 2. The molecule has 1 N–H and O–H groups in total. The van der Waals surface area contributed by atoms with Crippen LogP contribution in [0.15, 0.2) is 4.99 Å². The number of aliphatic imine (C=N–C) groups is 1. The number of hydrogen-bond acceptors (Lipinski definition) is 6. The number of nitrogens with zero attached hydrogens (tertiary/aromatic N) is 2. The molecule has 0 spiro atoms. The molecule has 1 fully saturated rings. The number of thioether (sulfide) groups is 1. The van der Waals surface area contributed by atoms with E-state index in [1.807, 2.05) is 39.8 Å². The number of ether oxygens (including phenoxy) is 2. The first kappa shape index (κ1) is 16.1. The Morgan fingerprint density at radius 3 is 2.55 bits per heavy atom. The van der Waals surface area contributed by atoms with Crippen LogP contribution >= 0.6 is 11.8 Å². The minimum atomic E-state index is -0.622. The molecule has 2 aliphatic rings. The topological polar surface area (TPSA) is 54.3 Å². The molecule has 20 heavy (non-hydrogen) atoms. The van der Waals surface area contributed by atoms with E-state index in [1.165, 1.54) is 0 Å². The maximum atomic E-state index is 10.7. The van der Waals surface area contributed by atoms with Gasteiger partial charge in [0.05, 0.1) is 11.7 Å². The smallest absolute Gasteiger partial charge is 0.161 e. The van der Waals surface area contributed by atoms with Gasteiger partial charge in [0.15, 0.2) is 5.17 Å². The Morgan fingerprint density at radius 2 is 2.05 bits per heavy atom. The average Bonchev–Trinajstić information content (AvgIpc) is 2.75. The van der Waals surface area contributed by atoms with Crippen molar-refractivity contribution in [2.45, 2.75) is 69.5 Å². The fourth-order valence-electron chi connectivity index (χ4n) is 2.51. The molecule has 5 atom stereocenters. The quantitative estimate of drug-likeness (QED) is 0.841. The second kappa shape index (κ2) is 5.83. The molecule has 5 nitrogen and oxygen atoms in total. The van der Waals surface area contributed by atoms with Gasteiger partial charge in [-0.25, -0.2) is 0 Å². The van der Waals surface area contributed by atoms with Crippen LogP contribution < -0.4 is 0 Å². The van der Waals surface area contributed by atoms with Gasteiger partial charge in [-0.15, -0.1) is 0 Å². The Labute approximate surface area is 125 Å². The molecular formula is C14H26N2O3S. The molecule has 6 heteroatoms. The molecule has 0 saturated carbocycles. The Morgan fingerprint density at radius 1 is 1.40 bits per heavy atom. The summed E-state index contributed by atoms with van der Waals surface area (Å²) in [7, 11) is 3.91. The van der Waals surface area contributed by atoms with Crippen LogP contribution in [0.3, 0.4) is 0 Å². The lowest BCUT2D eigenvalue weighted by Crippen LogP contribution is -2.57. The van der Waals surface area contributed by atoms with Crippen molar-refractivity contribution in [3.05, 3.63) is 0 Å².